The highest BCUT2D eigenvalue weighted by Crippen LogP contribution is 2.33. The molecule has 138 valence electrons. The smallest absolute Gasteiger partial charge is 0.254 e. The maximum Gasteiger partial charge on any atom is 0.254 e. The first kappa shape index (κ1) is 17.1. The van der Waals surface area contributed by atoms with E-state index < -0.39 is 17.7 Å². The highest BCUT2D eigenvalue weighted by atomic mass is 19.1. The Morgan fingerprint density at radius 1 is 1.26 bits per heavy atom. The van der Waals surface area contributed by atoms with Gasteiger partial charge >= 0.3 is 0 Å². The SMILES string of the molecule is CC1c2cc(F)cc(F)c2CCN1C(=O)c1cccc(-n2nnnc2N)c1. The van der Waals surface area contributed by atoms with E-state index in [1.54, 1.807) is 36.1 Å². The number of aromatic nitrogens is 4. The monoisotopic (exact) mass is 370 g/mol. The van der Waals surface area contributed by atoms with E-state index in [-0.39, 0.29) is 11.9 Å². The molecule has 2 aromatic carbocycles. The summed E-state index contributed by atoms with van der Waals surface area (Å²) in [6.45, 7) is 2.10. The third-order valence-electron chi connectivity index (χ3n) is 4.81. The van der Waals surface area contributed by atoms with Gasteiger partial charge in [-0.15, -0.1) is 0 Å². The van der Waals surface area contributed by atoms with E-state index in [1.807, 2.05) is 0 Å². The molecule has 1 aromatic heterocycles. The van der Waals surface area contributed by atoms with Crippen LogP contribution < -0.4 is 5.73 Å². The van der Waals surface area contributed by atoms with Crippen LogP contribution in [-0.2, 0) is 6.42 Å². The van der Waals surface area contributed by atoms with Crippen molar-refractivity contribution in [3.8, 4) is 5.69 Å². The van der Waals surface area contributed by atoms with E-state index in [9.17, 15) is 13.6 Å². The van der Waals surface area contributed by atoms with E-state index in [2.05, 4.69) is 15.5 Å². The number of rotatable bonds is 2. The number of anilines is 1. The van der Waals surface area contributed by atoms with Gasteiger partial charge in [-0.25, -0.2) is 8.78 Å². The van der Waals surface area contributed by atoms with Crippen LogP contribution in [0, 0.1) is 11.6 Å². The van der Waals surface area contributed by atoms with Crippen molar-refractivity contribution in [2.24, 2.45) is 0 Å². The number of nitrogens with zero attached hydrogens (tertiary/aromatic N) is 5. The van der Waals surface area contributed by atoms with Crippen molar-refractivity contribution >= 4 is 11.9 Å². The number of nitrogen functional groups attached to an aromatic ring is 1. The van der Waals surface area contributed by atoms with Crippen molar-refractivity contribution in [2.75, 3.05) is 12.3 Å². The molecule has 4 rings (SSSR count). The molecule has 0 fully saturated rings. The molecule has 0 aliphatic carbocycles. The number of amides is 1. The third-order valence-corrected chi connectivity index (χ3v) is 4.81. The predicted molar refractivity (Wildman–Crippen MR) is 93.1 cm³/mol. The maximum atomic E-state index is 14.0. The Morgan fingerprint density at radius 3 is 2.81 bits per heavy atom. The molecule has 1 amide bonds. The van der Waals surface area contributed by atoms with E-state index >= 15 is 0 Å². The van der Waals surface area contributed by atoms with Crippen LogP contribution in [0.15, 0.2) is 36.4 Å². The van der Waals surface area contributed by atoms with Crippen molar-refractivity contribution in [2.45, 2.75) is 19.4 Å². The van der Waals surface area contributed by atoms with E-state index in [1.165, 1.54) is 10.7 Å². The summed E-state index contributed by atoms with van der Waals surface area (Å²) in [6, 6.07) is 8.44. The maximum absolute atomic E-state index is 14.0. The molecule has 0 bridgehead atoms. The summed E-state index contributed by atoms with van der Waals surface area (Å²) in [5.41, 5.74) is 7.62. The number of hydrogen-bond acceptors (Lipinski definition) is 5. The van der Waals surface area contributed by atoms with Gasteiger partial charge in [-0.2, -0.15) is 4.68 Å². The summed E-state index contributed by atoms with van der Waals surface area (Å²) < 4.78 is 29.0. The predicted octanol–water partition coefficient (Wildman–Crippen LogP) is 2.28. The second-order valence-electron chi connectivity index (χ2n) is 6.38. The number of benzene rings is 2. The first-order valence-electron chi connectivity index (χ1n) is 8.39. The van der Waals surface area contributed by atoms with Crippen LogP contribution in [0.25, 0.3) is 5.69 Å². The highest BCUT2D eigenvalue weighted by molar-refractivity contribution is 5.95. The quantitative estimate of drug-likeness (QED) is 0.747. The molecule has 7 nitrogen and oxygen atoms in total. The molecule has 9 heteroatoms. The first-order valence-corrected chi connectivity index (χ1v) is 8.39. The molecule has 0 saturated carbocycles. The van der Waals surface area contributed by atoms with Gasteiger partial charge in [0.2, 0.25) is 5.95 Å². The second kappa shape index (κ2) is 6.42. The van der Waals surface area contributed by atoms with Crippen LogP contribution in [0.5, 0.6) is 0 Å². The van der Waals surface area contributed by atoms with E-state index in [4.69, 9.17) is 5.73 Å². The van der Waals surface area contributed by atoms with Gasteiger partial charge in [-0.05, 0) is 59.2 Å². The molecule has 0 spiro atoms. The Kier molecular flexibility index (Phi) is 4.06. The van der Waals surface area contributed by atoms with Crippen LogP contribution >= 0.6 is 0 Å². The fourth-order valence-corrected chi connectivity index (χ4v) is 3.45. The summed E-state index contributed by atoms with van der Waals surface area (Å²) in [4.78, 5) is 14.6. The lowest BCUT2D eigenvalue weighted by Crippen LogP contribution is -2.39. The fourth-order valence-electron chi connectivity index (χ4n) is 3.45. The molecule has 3 aromatic rings. The van der Waals surface area contributed by atoms with E-state index in [0.717, 1.165) is 6.07 Å². The van der Waals surface area contributed by atoms with Crippen LogP contribution in [-0.4, -0.2) is 37.6 Å². The number of carbonyl (C=O) groups is 1. The van der Waals surface area contributed by atoms with Crippen LogP contribution in [0.2, 0.25) is 0 Å². The second-order valence-corrected chi connectivity index (χ2v) is 6.38. The zero-order valence-electron chi connectivity index (χ0n) is 14.4. The zero-order valence-corrected chi connectivity index (χ0v) is 14.4. The number of tetrazole rings is 1. The minimum absolute atomic E-state index is 0.103. The average molecular weight is 370 g/mol. The van der Waals surface area contributed by atoms with Crippen molar-refractivity contribution < 1.29 is 13.6 Å². The Hall–Kier alpha value is -3.36. The molecular formula is C18H16F2N6O. The average Bonchev–Trinajstić information content (AvgIpc) is 3.08. The molecule has 1 unspecified atom stereocenters. The van der Waals surface area contributed by atoms with Gasteiger partial charge in [0.15, 0.2) is 0 Å². The Labute approximate surface area is 153 Å². The first-order chi connectivity index (χ1) is 13.0. The van der Waals surface area contributed by atoms with Gasteiger partial charge in [0.25, 0.3) is 5.91 Å². The third kappa shape index (κ3) is 2.90. The van der Waals surface area contributed by atoms with Crippen LogP contribution in [0.3, 0.4) is 0 Å². The van der Waals surface area contributed by atoms with E-state index in [0.29, 0.717) is 35.3 Å². The van der Waals surface area contributed by atoms with Gasteiger partial charge in [0, 0.05) is 18.2 Å². The topological polar surface area (TPSA) is 89.9 Å². The normalized spacial score (nSPS) is 16.3. The summed E-state index contributed by atoms with van der Waals surface area (Å²) in [6.07, 6.45) is 0.331. The highest BCUT2D eigenvalue weighted by Gasteiger charge is 2.30. The minimum atomic E-state index is -0.649. The zero-order chi connectivity index (χ0) is 19.1. The van der Waals surface area contributed by atoms with Crippen LogP contribution in [0.4, 0.5) is 14.7 Å². The number of carbonyl (C=O) groups excluding carboxylic acids is 1. The Balaban J connectivity index is 1.67. The molecule has 1 atom stereocenters. The fraction of sp³-hybridized carbons (Fsp3) is 0.222. The lowest BCUT2D eigenvalue weighted by molar-refractivity contribution is 0.0675. The Morgan fingerprint density at radius 2 is 2.07 bits per heavy atom. The number of halogens is 2. The minimum Gasteiger partial charge on any atom is -0.366 e. The van der Waals surface area contributed by atoms with Gasteiger partial charge in [0.1, 0.15) is 11.6 Å². The van der Waals surface area contributed by atoms with Crippen LogP contribution in [0.1, 0.15) is 34.5 Å². The largest absolute Gasteiger partial charge is 0.366 e. The van der Waals surface area contributed by atoms with Crippen molar-refractivity contribution in [1.29, 1.82) is 0 Å². The summed E-state index contributed by atoms with van der Waals surface area (Å²) in [5, 5.41) is 10.9. The van der Waals surface area contributed by atoms with Gasteiger partial charge in [-0.1, -0.05) is 11.2 Å². The van der Waals surface area contributed by atoms with Crippen molar-refractivity contribution in [3.05, 3.63) is 64.7 Å². The van der Waals surface area contributed by atoms with Crippen molar-refractivity contribution in [3.63, 3.8) is 0 Å². The molecule has 1 aliphatic heterocycles. The van der Waals surface area contributed by atoms with Gasteiger partial charge in [0.05, 0.1) is 11.7 Å². The summed E-state index contributed by atoms with van der Waals surface area (Å²) in [7, 11) is 0. The molecule has 27 heavy (non-hydrogen) atoms. The molecule has 0 radical (unpaired) electrons. The standard InChI is InChI=1S/C18H16F2N6O/c1-10-15-8-12(19)9-16(20)14(15)5-6-25(10)17(27)11-3-2-4-13(7-11)26-18(21)22-23-24-26/h2-4,7-10H,5-6H2,1H3,(H2,21,22,24). The molecule has 0 saturated heterocycles. The molecule has 2 heterocycles. The number of nitrogens with two attached hydrogens (primary N) is 1. The molecule has 2 N–H and O–H groups in total. The van der Waals surface area contributed by atoms with Crippen molar-refractivity contribution in [1.82, 2.24) is 25.1 Å². The number of fused-ring (bicyclic) bond motifs is 1. The molecule has 1 aliphatic rings. The lowest BCUT2D eigenvalue weighted by atomic mass is 9.92. The summed E-state index contributed by atoms with van der Waals surface area (Å²) >= 11 is 0. The van der Waals surface area contributed by atoms with Gasteiger partial charge in [-0.3, -0.25) is 4.79 Å². The summed E-state index contributed by atoms with van der Waals surface area (Å²) in [5.74, 6) is -1.36. The molecular weight excluding hydrogens is 354 g/mol. The number of hydrogen-bond donors (Lipinski definition) is 1. The Bertz CT molecular complexity index is 1030. The van der Waals surface area contributed by atoms with Gasteiger partial charge < -0.3 is 10.6 Å². The lowest BCUT2D eigenvalue weighted by Gasteiger charge is -2.35.